The van der Waals surface area contributed by atoms with Gasteiger partial charge >= 0.3 is 0 Å². The molecule has 2 heteroatoms. The maximum absolute atomic E-state index is 12.0. The number of para-hydroxylation sites is 1. The second-order valence-electron chi connectivity index (χ2n) is 5.20. The molecule has 0 heterocycles. The van der Waals surface area contributed by atoms with Crippen LogP contribution in [0, 0.1) is 0 Å². The minimum atomic E-state index is 0.244. The van der Waals surface area contributed by atoms with Crippen molar-refractivity contribution in [1.29, 1.82) is 0 Å². The van der Waals surface area contributed by atoms with Gasteiger partial charge in [0.05, 0.1) is 0 Å². The van der Waals surface area contributed by atoms with Crippen LogP contribution in [0.4, 0.5) is 5.69 Å². The second kappa shape index (κ2) is 6.03. The first kappa shape index (κ1) is 13.1. The Bertz CT molecular complexity index is 407. The highest BCUT2D eigenvalue weighted by Gasteiger charge is 2.21. The molecule has 0 saturated heterocycles. The Balaban J connectivity index is 2.23. The van der Waals surface area contributed by atoms with Gasteiger partial charge in [-0.25, -0.2) is 0 Å². The third kappa shape index (κ3) is 2.74. The van der Waals surface area contributed by atoms with E-state index in [1.54, 1.807) is 0 Å². The van der Waals surface area contributed by atoms with Crippen molar-refractivity contribution >= 4 is 11.5 Å². The fourth-order valence-electron chi connectivity index (χ4n) is 2.87. The quantitative estimate of drug-likeness (QED) is 0.746. The lowest BCUT2D eigenvalue weighted by molar-refractivity contribution is 0.0988. The van der Waals surface area contributed by atoms with Crippen LogP contribution in [0.15, 0.2) is 24.3 Å². The van der Waals surface area contributed by atoms with Crippen molar-refractivity contribution in [2.45, 2.75) is 51.5 Å². The lowest BCUT2D eigenvalue weighted by Crippen LogP contribution is -2.34. The van der Waals surface area contributed by atoms with Gasteiger partial charge in [-0.3, -0.25) is 4.79 Å². The molecule has 0 aliphatic heterocycles. The number of hydrogen-bond donors (Lipinski definition) is 0. The number of ketones is 1. The summed E-state index contributed by atoms with van der Waals surface area (Å²) in [7, 11) is 2.14. The van der Waals surface area contributed by atoms with Gasteiger partial charge < -0.3 is 4.90 Å². The third-order valence-electron chi connectivity index (χ3n) is 4.03. The van der Waals surface area contributed by atoms with E-state index >= 15 is 0 Å². The first-order valence-corrected chi connectivity index (χ1v) is 7.09. The first-order valence-electron chi connectivity index (χ1n) is 7.09. The van der Waals surface area contributed by atoms with E-state index in [0.29, 0.717) is 12.5 Å². The number of Topliss-reactive ketones (excluding diaryl/α,β-unsaturated/α-hetero) is 1. The van der Waals surface area contributed by atoms with Crippen LogP contribution in [0.5, 0.6) is 0 Å². The zero-order chi connectivity index (χ0) is 13.0. The Morgan fingerprint density at radius 2 is 1.89 bits per heavy atom. The van der Waals surface area contributed by atoms with Crippen LogP contribution in [0.3, 0.4) is 0 Å². The predicted octanol–water partition coefficient (Wildman–Crippen LogP) is 4.05. The average molecular weight is 245 g/mol. The summed E-state index contributed by atoms with van der Waals surface area (Å²) in [6.07, 6.45) is 7.09. The fraction of sp³-hybridized carbons (Fsp3) is 0.562. The summed E-state index contributed by atoms with van der Waals surface area (Å²) in [5, 5.41) is 0. The summed E-state index contributed by atoms with van der Waals surface area (Å²) >= 11 is 0. The number of hydrogen-bond acceptors (Lipinski definition) is 2. The molecule has 1 aromatic rings. The molecule has 18 heavy (non-hydrogen) atoms. The predicted molar refractivity (Wildman–Crippen MR) is 76.3 cm³/mol. The Kier molecular flexibility index (Phi) is 4.40. The molecule has 0 amide bonds. The lowest BCUT2D eigenvalue weighted by Gasteiger charge is -2.34. The van der Waals surface area contributed by atoms with Crippen LogP contribution in [0.25, 0.3) is 0 Å². The molecule has 1 fully saturated rings. The van der Waals surface area contributed by atoms with Crippen molar-refractivity contribution < 1.29 is 4.79 Å². The average Bonchev–Trinajstić information content (AvgIpc) is 2.46. The van der Waals surface area contributed by atoms with Gasteiger partial charge in [-0.2, -0.15) is 0 Å². The minimum Gasteiger partial charge on any atom is -0.371 e. The second-order valence-corrected chi connectivity index (χ2v) is 5.20. The van der Waals surface area contributed by atoms with Crippen molar-refractivity contribution in [3.8, 4) is 0 Å². The first-order chi connectivity index (χ1) is 8.74. The molecule has 0 aromatic heterocycles. The highest BCUT2D eigenvalue weighted by molar-refractivity contribution is 6.01. The van der Waals surface area contributed by atoms with Gasteiger partial charge in [0, 0.05) is 30.8 Å². The topological polar surface area (TPSA) is 20.3 Å². The van der Waals surface area contributed by atoms with Gasteiger partial charge in [0.1, 0.15) is 0 Å². The minimum absolute atomic E-state index is 0.244. The maximum Gasteiger partial charge on any atom is 0.164 e. The van der Waals surface area contributed by atoms with Crippen LogP contribution >= 0.6 is 0 Å². The van der Waals surface area contributed by atoms with E-state index < -0.39 is 0 Å². The Hall–Kier alpha value is -1.31. The van der Waals surface area contributed by atoms with Crippen LogP contribution < -0.4 is 4.90 Å². The van der Waals surface area contributed by atoms with Crippen LogP contribution in [0.2, 0.25) is 0 Å². The summed E-state index contributed by atoms with van der Waals surface area (Å²) in [6, 6.07) is 8.63. The Labute approximate surface area is 110 Å². The van der Waals surface area contributed by atoms with Gasteiger partial charge in [0.2, 0.25) is 0 Å². The molecule has 0 spiro atoms. The molecule has 1 aliphatic carbocycles. The molecule has 2 rings (SSSR count). The zero-order valence-electron chi connectivity index (χ0n) is 11.5. The monoisotopic (exact) mass is 245 g/mol. The normalized spacial score (nSPS) is 16.6. The molecular weight excluding hydrogens is 222 g/mol. The van der Waals surface area contributed by atoms with Gasteiger partial charge in [-0.15, -0.1) is 0 Å². The van der Waals surface area contributed by atoms with E-state index in [0.717, 1.165) is 11.3 Å². The summed E-state index contributed by atoms with van der Waals surface area (Å²) in [5.74, 6) is 0.244. The number of nitrogens with zero attached hydrogens (tertiary/aromatic N) is 1. The van der Waals surface area contributed by atoms with Crippen molar-refractivity contribution in [2.75, 3.05) is 11.9 Å². The molecule has 0 N–H and O–H groups in total. The molecule has 1 aromatic carbocycles. The SMILES string of the molecule is CCC(=O)c1ccccc1N(C)C1CCCCC1. The van der Waals surface area contributed by atoms with Crippen molar-refractivity contribution in [3.63, 3.8) is 0 Å². The molecular formula is C16H23NO. The highest BCUT2D eigenvalue weighted by atomic mass is 16.1. The van der Waals surface area contributed by atoms with Crippen LogP contribution in [-0.4, -0.2) is 18.9 Å². The number of carbonyl (C=O) groups is 1. The molecule has 98 valence electrons. The van der Waals surface area contributed by atoms with E-state index in [2.05, 4.69) is 18.0 Å². The Morgan fingerprint density at radius 3 is 2.56 bits per heavy atom. The zero-order valence-corrected chi connectivity index (χ0v) is 11.5. The molecule has 0 radical (unpaired) electrons. The molecule has 1 aliphatic rings. The van der Waals surface area contributed by atoms with E-state index in [1.807, 2.05) is 25.1 Å². The largest absolute Gasteiger partial charge is 0.371 e. The van der Waals surface area contributed by atoms with E-state index in [1.165, 1.54) is 32.1 Å². The molecule has 0 atom stereocenters. The van der Waals surface area contributed by atoms with Crippen molar-refractivity contribution in [2.24, 2.45) is 0 Å². The summed E-state index contributed by atoms with van der Waals surface area (Å²) in [5.41, 5.74) is 1.99. The smallest absolute Gasteiger partial charge is 0.164 e. The van der Waals surface area contributed by atoms with Crippen LogP contribution in [-0.2, 0) is 0 Å². The number of benzene rings is 1. The molecule has 0 bridgehead atoms. The lowest BCUT2D eigenvalue weighted by atomic mass is 9.93. The van der Waals surface area contributed by atoms with Gasteiger partial charge in [0.25, 0.3) is 0 Å². The number of carbonyl (C=O) groups excluding carboxylic acids is 1. The molecule has 2 nitrogen and oxygen atoms in total. The molecule has 1 saturated carbocycles. The van der Waals surface area contributed by atoms with Crippen LogP contribution in [0.1, 0.15) is 55.8 Å². The third-order valence-corrected chi connectivity index (χ3v) is 4.03. The van der Waals surface area contributed by atoms with E-state index in [-0.39, 0.29) is 5.78 Å². The standard InChI is InChI=1S/C16H23NO/c1-3-16(18)14-11-7-8-12-15(14)17(2)13-9-5-4-6-10-13/h7-8,11-13H,3-6,9-10H2,1-2H3. The van der Waals surface area contributed by atoms with E-state index in [4.69, 9.17) is 0 Å². The maximum atomic E-state index is 12.0. The van der Waals surface area contributed by atoms with Gasteiger partial charge in [-0.1, -0.05) is 38.3 Å². The van der Waals surface area contributed by atoms with Gasteiger partial charge in [-0.05, 0) is 25.0 Å². The number of anilines is 1. The summed E-state index contributed by atoms with van der Waals surface area (Å²) < 4.78 is 0. The summed E-state index contributed by atoms with van der Waals surface area (Å²) in [6.45, 7) is 1.93. The summed E-state index contributed by atoms with van der Waals surface area (Å²) in [4.78, 5) is 14.3. The van der Waals surface area contributed by atoms with E-state index in [9.17, 15) is 4.79 Å². The number of rotatable bonds is 4. The van der Waals surface area contributed by atoms with Gasteiger partial charge in [0.15, 0.2) is 5.78 Å². The van der Waals surface area contributed by atoms with Crippen molar-refractivity contribution in [1.82, 2.24) is 0 Å². The molecule has 0 unspecified atom stereocenters. The van der Waals surface area contributed by atoms with Crippen molar-refractivity contribution in [3.05, 3.63) is 29.8 Å². The Morgan fingerprint density at radius 1 is 1.22 bits per heavy atom. The highest BCUT2D eigenvalue weighted by Crippen LogP contribution is 2.28. The fourth-order valence-corrected chi connectivity index (χ4v) is 2.87.